The summed E-state index contributed by atoms with van der Waals surface area (Å²) in [5.41, 5.74) is 2.32. The van der Waals surface area contributed by atoms with E-state index in [0.717, 1.165) is 12.5 Å². The molecule has 6 rings (SSSR count). The molecule has 0 radical (unpaired) electrons. The van der Waals surface area contributed by atoms with Crippen molar-refractivity contribution in [3.63, 3.8) is 0 Å². The van der Waals surface area contributed by atoms with Crippen LogP contribution in [-0.4, -0.2) is 38.3 Å². The van der Waals surface area contributed by atoms with E-state index in [4.69, 9.17) is 25.8 Å². The monoisotopic (exact) mass is 591 g/mol. The van der Waals surface area contributed by atoms with Crippen molar-refractivity contribution in [1.82, 2.24) is 14.5 Å². The quantitative estimate of drug-likeness (QED) is 0.190. The smallest absolute Gasteiger partial charge is 0.335 e. The summed E-state index contributed by atoms with van der Waals surface area (Å²) in [4.78, 5) is 20.6. The number of aromatic carboxylic acids is 1. The van der Waals surface area contributed by atoms with E-state index in [0.29, 0.717) is 41.3 Å². The first-order valence-corrected chi connectivity index (χ1v) is 13.5. The lowest BCUT2D eigenvalue weighted by atomic mass is 10.1. The fourth-order valence-corrected chi connectivity index (χ4v) is 4.80. The number of imidazole rings is 1. The van der Waals surface area contributed by atoms with Gasteiger partial charge in [0.15, 0.2) is 11.6 Å². The number of aromatic nitrogens is 3. The molecule has 5 aromatic rings. The maximum atomic E-state index is 15.3. The van der Waals surface area contributed by atoms with Gasteiger partial charge in [-0.1, -0.05) is 23.7 Å². The predicted octanol–water partition coefficient (Wildman–Crippen LogP) is 6.81. The minimum absolute atomic E-state index is 0.00543. The predicted molar refractivity (Wildman–Crippen MR) is 150 cm³/mol. The number of hydrogen-bond donors (Lipinski definition) is 1. The molecular formula is C31H24ClF2N3O5. The Kier molecular flexibility index (Phi) is 7.73. The van der Waals surface area contributed by atoms with Gasteiger partial charge in [0.05, 0.1) is 34.9 Å². The van der Waals surface area contributed by atoms with Crippen molar-refractivity contribution in [2.75, 3.05) is 6.61 Å². The number of nitrogens with zero attached hydrogens (tertiary/aromatic N) is 3. The summed E-state index contributed by atoms with van der Waals surface area (Å²) < 4.78 is 48.1. The fourth-order valence-electron chi connectivity index (χ4n) is 4.64. The van der Waals surface area contributed by atoms with E-state index < -0.39 is 17.6 Å². The molecule has 42 heavy (non-hydrogen) atoms. The SMILES string of the molecule is O=C(O)c1ccc2nc(Cc3ccc(Oc4cccc(COc5ccc(Cl)cc5F)n4)cc3F)n(C[C@@H]3CCO3)c2c1. The van der Waals surface area contributed by atoms with Crippen molar-refractivity contribution in [2.24, 2.45) is 0 Å². The summed E-state index contributed by atoms with van der Waals surface area (Å²) >= 11 is 5.78. The highest BCUT2D eigenvalue weighted by atomic mass is 35.5. The molecular weight excluding hydrogens is 568 g/mol. The molecule has 1 N–H and O–H groups in total. The van der Waals surface area contributed by atoms with Gasteiger partial charge in [0.1, 0.15) is 24.0 Å². The van der Waals surface area contributed by atoms with Gasteiger partial charge in [-0.3, -0.25) is 0 Å². The largest absolute Gasteiger partial charge is 0.484 e. The molecule has 3 heterocycles. The molecule has 1 saturated heterocycles. The molecule has 1 atom stereocenters. The molecule has 0 bridgehead atoms. The Labute approximate surface area is 244 Å². The molecule has 0 aliphatic carbocycles. The van der Waals surface area contributed by atoms with Crippen LogP contribution in [0.5, 0.6) is 17.4 Å². The minimum Gasteiger partial charge on any atom is -0.484 e. The Bertz CT molecular complexity index is 1790. The van der Waals surface area contributed by atoms with Crippen LogP contribution in [0.25, 0.3) is 11.0 Å². The Balaban J connectivity index is 1.18. The van der Waals surface area contributed by atoms with E-state index >= 15 is 4.39 Å². The lowest BCUT2D eigenvalue weighted by Gasteiger charge is -2.27. The van der Waals surface area contributed by atoms with Crippen LogP contribution < -0.4 is 9.47 Å². The molecule has 1 aliphatic rings. The molecule has 1 fully saturated rings. The molecule has 0 saturated carbocycles. The highest BCUT2D eigenvalue weighted by molar-refractivity contribution is 6.30. The highest BCUT2D eigenvalue weighted by Gasteiger charge is 2.23. The number of hydrogen-bond acceptors (Lipinski definition) is 6. The van der Waals surface area contributed by atoms with Gasteiger partial charge in [-0.25, -0.2) is 23.5 Å². The van der Waals surface area contributed by atoms with Gasteiger partial charge < -0.3 is 23.9 Å². The third-order valence-corrected chi connectivity index (χ3v) is 7.14. The van der Waals surface area contributed by atoms with Crippen LogP contribution in [0.15, 0.2) is 72.8 Å². The third-order valence-electron chi connectivity index (χ3n) is 6.90. The molecule has 2 aromatic heterocycles. The topological polar surface area (TPSA) is 95.7 Å². The zero-order chi connectivity index (χ0) is 29.2. The van der Waals surface area contributed by atoms with Gasteiger partial charge in [0.25, 0.3) is 0 Å². The lowest BCUT2D eigenvalue weighted by molar-refractivity contribution is -0.0589. The Morgan fingerprint density at radius 3 is 2.64 bits per heavy atom. The van der Waals surface area contributed by atoms with Gasteiger partial charge in [0.2, 0.25) is 5.88 Å². The molecule has 214 valence electrons. The first-order valence-electron chi connectivity index (χ1n) is 13.2. The van der Waals surface area contributed by atoms with Crippen LogP contribution in [0.2, 0.25) is 5.02 Å². The van der Waals surface area contributed by atoms with E-state index in [1.54, 1.807) is 42.5 Å². The summed E-state index contributed by atoms with van der Waals surface area (Å²) in [6.07, 6.45) is 1.06. The van der Waals surface area contributed by atoms with Crippen molar-refractivity contribution in [3.8, 4) is 17.4 Å². The third kappa shape index (κ3) is 6.05. The summed E-state index contributed by atoms with van der Waals surface area (Å²) in [6, 6.07) is 18.4. The van der Waals surface area contributed by atoms with Crippen LogP contribution in [0.3, 0.4) is 0 Å². The van der Waals surface area contributed by atoms with Crippen LogP contribution in [0, 0.1) is 11.6 Å². The normalized spacial score (nSPS) is 14.5. The summed E-state index contributed by atoms with van der Waals surface area (Å²) in [5.74, 6) is -0.999. The fraction of sp³-hybridized carbons (Fsp3) is 0.194. The average molecular weight is 592 g/mol. The first-order chi connectivity index (χ1) is 20.3. The van der Waals surface area contributed by atoms with Gasteiger partial charge in [-0.15, -0.1) is 0 Å². The van der Waals surface area contributed by atoms with Gasteiger partial charge in [-0.05, 0) is 60.5 Å². The number of carboxylic acids is 1. The average Bonchev–Trinajstić information content (AvgIpc) is 3.28. The number of benzene rings is 3. The number of carboxylic acid groups (broad SMARTS) is 1. The number of rotatable bonds is 10. The van der Waals surface area contributed by atoms with Crippen molar-refractivity contribution in [3.05, 3.63) is 112 Å². The van der Waals surface area contributed by atoms with Gasteiger partial charge in [0, 0.05) is 30.2 Å². The van der Waals surface area contributed by atoms with E-state index in [1.807, 2.05) is 4.57 Å². The second kappa shape index (κ2) is 11.8. The lowest BCUT2D eigenvalue weighted by Crippen LogP contribution is -2.31. The zero-order valence-electron chi connectivity index (χ0n) is 22.1. The summed E-state index contributed by atoms with van der Waals surface area (Å²) in [5, 5.41) is 9.71. The van der Waals surface area contributed by atoms with Gasteiger partial charge >= 0.3 is 5.97 Å². The highest BCUT2D eigenvalue weighted by Crippen LogP contribution is 2.28. The Hall–Kier alpha value is -4.54. The number of halogens is 3. The molecule has 8 nitrogen and oxygen atoms in total. The molecule has 1 aliphatic heterocycles. The standard InChI is InChI=1S/C31H24ClF2N3O5/c32-20-6-9-28(25(34)14-20)41-17-21-2-1-3-30(35-21)42-22-7-4-18(24(33)15-22)13-29-36-26-8-5-19(31(38)39)12-27(26)37(29)16-23-10-11-40-23/h1-9,12,14-15,23H,10-11,13,16-17H2,(H,38,39)/t23-/m0/s1. The van der Waals surface area contributed by atoms with Crippen LogP contribution >= 0.6 is 11.6 Å². The molecule has 0 spiro atoms. The number of fused-ring (bicyclic) bond motifs is 1. The Morgan fingerprint density at radius 2 is 1.90 bits per heavy atom. The second-order valence-corrected chi connectivity index (χ2v) is 10.2. The maximum Gasteiger partial charge on any atom is 0.335 e. The van der Waals surface area contributed by atoms with Crippen molar-refractivity contribution >= 4 is 28.6 Å². The van der Waals surface area contributed by atoms with E-state index in [-0.39, 0.29) is 47.1 Å². The van der Waals surface area contributed by atoms with Crippen molar-refractivity contribution in [2.45, 2.75) is 32.1 Å². The van der Waals surface area contributed by atoms with E-state index in [2.05, 4.69) is 9.97 Å². The number of ether oxygens (including phenoxy) is 3. The zero-order valence-corrected chi connectivity index (χ0v) is 22.9. The van der Waals surface area contributed by atoms with Gasteiger partial charge in [-0.2, -0.15) is 0 Å². The minimum atomic E-state index is -1.03. The molecule has 3 aromatic carbocycles. The number of carbonyl (C=O) groups is 1. The first kappa shape index (κ1) is 27.6. The second-order valence-electron chi connectivity index (χ2n) is 9.79. The molecule has 0 amide bonds. The van der Waals surface area contributed by atoms with Crippen LogP contribution in [-0.2, 0) is 24.3 Å². The Morgan fingerprint density at radius 1 is 1.05 bits per heavy atom. The summed E-state index contributed by atoms with van der Waals surface area (Å²) in [6.45, 7) is 1.16. The molecule has 11 heteroatoms. The number of pyridine rings is 1. The molecule has 0 unspecified atom stereocenters. The van der Waals surface area contributed by atoms with Crippen LogP contribution in [0.4, 0.5) is 8.78 Å². The summed E-state index contributed by atoms with van der Waals surface area (Å²) in [7, 11) is 0. The van der Waals surface area contributed by atoms with Crippen molar-refractivity contribution in [1.29, 1.82) is 0 Å². The van der Waals surface area contributed by atoms with Crippen molar-refractivity contribution < 1.29 is 32.9 Å². The van der Waals surface area contributed by atoms with E-state index in [9.17, 15) is 14.3 Å². The van der Waals surface area contributed by atoms with E-state index in [1.165, 1.54) is 24.3 Å². The van der Waals surface area contributed by atoms with Crippen LogP contribution in [0.1, 0.15) is 33.9 Å². The maximum absolute atomic E-state index is 15.3.